The molecule has 2 unspecified atom stereocenters. The predicted molar refractivity (Wildman–Crippen MR) is 299 cm³/mol. The topological polar surface area (TPSA) is 248 Å². The van der Waals surface area contributed by atoms with Crippen molar-refractivity contribution in [3.05, 3.63) is 61.2 Å². The number of carbonyl (C=O) groups excluding carboxylic acids is 1. The number of carboxylic acid groups (broad SMARTS) is 1. The van der Waals surface area contributed by atoms with Gasteiger partial charge in [0.2, 0.25) is 11.9 Å². The molecule has 0 spiro atoms. The molecule has 0 saturated carbocycles. The third kappa shape index (κ3) is 17.4. The summed E-state index contributed by atoms with van der Waals surface area (Å²) < 4.78 is 32.7. The molecule has 4 fully saturated rings. The number of aromatic nitrogens is 8. The SMILES string of the molecule is COC(=O)CCCCCCOc1ccc(Nc2nc(N3CCCCC3)c3ncn(C4CCCCO4)c3n2)cc1.O=C(O)CCCCCCOc1ccc(Nc2nc(N3CCCCC3)c3ncn(C4CCCCO4)c3n2)cc1.[Li+].[OH-]. The van der Waals surface area contributed by atoms with E-state index in [1.54, 1.807) is 0 Å². The molecule has 79 heavy (non-hydrogen) atoms. The van der Waals surface area contributed by atoms with Gasteiger partial charge in [0.15, 0.2) is 34.0 Å². The number of ether oxygens (including phenoxy) is 5. The average Bonchev–Trinajstić information content (AvgIpc) is 4.17. The molecule has 0 radical (unpaired) electrons. The quantitative estimate of drug-likeness (QED) is 0.0293. The molecule has 0 aliphatic carbocycles. The van der Waals surface area contributed by atoms with E-state index in [4.69, 9.17) is 54.0 Å². The third-order valence-electron chi connectivity index (χ3n) is 14.6. The van der Waals surface area contributed by atoms with Crippen LogP contribution in [0, 0.1) is 0 Å². The second kappa shape index (κ2) is 31.5. The molecule has 4 saturated heterocycles. The van der Waals surface area contributed by atoms with E-state index in [0.717, 1.165) is 212 Å². The summed E-state index contributed by atoms with van der Waals surface area (Å²) >= 11 is 0. The number of piperidine rings is 2. The maximum atomic E-state index is 11.2. The first-order valence-electron chi connectivity index (χ1n) is 28.4. The molecule has 4 aliphatic heterocycles. The summed E-state index contributed by atoms with van der Waals surface area (Å²) in [6.07, 6.45) is 25.2. The molecule has 2 atom stereocenters. The van der Waals surface area contributed by atoms with Crippen molar-refractivity contribution in [1.82, 2.24) is 39.0 Å². The summed E-state index contributed by atoms with van der Waals surface area (Å²) in [6, 6.07) is 15.7. The number of methoxy groups -OCH3 is 1. The van der Waals surface area contributed by atoms with Gasteiger partial charge in [-0.25, -0.2) is 9.97 Å². The summed E-state index contributed by atoms with van der Waals surface area (Å²) in [5.74, 6) is 3.64. The summed E-state index contributed by atoms with van der Waals surface area (Å²) in [4.78, 5) is 55.5. The van der Waals surface area contributed by atoms with E-state index in [1.807, 2.05) is 61.2 Å². The van der Waals surface area contributed by atoms with Crippen LogP contribution in [0.5, 0.6) is 11.5 Å². The second-order valence-corrected chi connectivity index (χ2v) is 20.4. The maximum absolute atomic E-state index is 11.2. The van der Waals surface area contributed by atoms with Gasteiger partial charge in [-0.3, -0.25) is 18.7 Å². The van der Waals surface area contributed by atoms with Crippen LogP contribution in [0.1, 0.15) is 154 Å². The van der Waals surface area contributed by atoms with E-state index in [9.17, 15) is 9.59 Å². The number of hydrogen-bond donors (Lipinski definition) is 3. The Morgan fingerprint density at radius 2 is 1.00 bits per heavy atom. The van der Waals surface area contributed by atoms with Crippen LogP contribution in [0.2, 0.25) is 0 Å². The standard InChI is InChI=1S/C29H40N6O4.C28H38N6O4.Li.H2O/c1-37-25(36)12-5-2-3-9-19-38-23-15-13-22(14-16-23)31-29-32-27(34-17-7-4-8-18-34)26-28(33-29)35(21-30-26)24-11-6-10-20-39-24;35-24(36)11-4-1-2-8-18-37-22-14-12-21(13-15-22)30-28-31-26(33-16-6-3-7-17-33)25-27(32-28)34(20-29-25)23-10-5-9-19-38-23;;/h13-16,21,24H,2-12,17-20H2,1H3,(H,31,32,33);12-15,20,23H,1-11,16-19H2,(H,35,36)(H,30,31,32);;1H2/q;;+1;/p-1. The van der Waals surface area contributed by atoms with E-state index in [-0.39, 0.29) is 49.2 Å². The van der Waals surface area contributed by atoms with Crippen LogP contribution in [0.4, 0.5) is 34.9 Å². The zero-order valence-electron chi connectivity index (χ0n) is 46.4. The molecule has 4 aliphatic rings. The van der Waals surface area contributed by atoms with Gasteiger partial charge < -0.3 is 54.7 Å². The van der Waals surface area contributed by atoms with Crippen molar-refractivity contribution in [2.24, 2.45) is 0 Å². The molecule has 21 nitrogen and oxygen atoms in total. The van der Waals surface area contributed by atoms with Crippen molar-refractivity contribution < 1.29 is 62.7 Å². The molecule has 8 heterocycles. The van der Waals surface area contributed by atoms with Gasteiger partial charge in [0.05, 0.1) is 33.0 Å². The van der Waals surface area contributed by atoms with E-state index in [2.05, 4.69) is 34.3 Å². The van der Waals surface area contributed by atoms with Crippen molar-refractivity contribution in [1.29, 1.82) is 0 Å². The fourth-order valence-corrected chi connectivity index (χ4v) is 10.3. The smallest absolute Gasteiger partial charge is 0.870 e. The first-order valence-corrected chi connectivity index (χ1v) is 28.4. The number of nitrogens with one attached hydrogen (secondary N) is 2. The molecule has 6 aromatic rings. The number of fused-ring (bicyclic) bond motifs is 2. The Kier molecular flexibility index (Phi) is 24.1. The average molecular weight is 1080 g/mol. The Morgan fingerprint density at radius 3 is 1.41 bits per heavy atom. The minimum Gasteiger partial charge on any atom is -0.870 e. The zero-order valence-corrected chi connectivity index (χ0v) is 46.4. The van der Waals surface area contributed by atoms with Crippen LogP contribution < -0.4 is 48.8 Å². The Morgan fingerprint density at radius 1 is 0.570 bits per heavy atom. The summed E-state index contributed by atoms with van der Waals surface area (Å²) in [5, 5.41) is 15.5. The molecule has 0 bridgehead atoms. The number of rotatable bonds is 24. The van der Waals surface area contributed by atoms with Crippen molar-refractivity contribution in [3.8, 4) is 11.5 Å². The van der Waals surface area contributed by atoms with Gasteiger partial charge in [0.1, 0.15) is 24.0 Å². The van der Waals surface area contributed by atoms with Crippen molar-refractivity contribution in [2.45, 2.75) is 154 Å². The number of esters is 1. The molecular weight excluding hydrogens is 1000 g/mol. The number of nitrogens with zero attached hydrogens (tertiary/aromatic N) is 10. The summed E-state index contributed by atoms with van der Waals surface area (Å²) in [6.45, 7) is 6.71. The van der Waals surface area contributed by atoms with Crippen LogP contribution in [-0.2, 0) is 23.8 Å². The molecule has 4 aromatic heterocycles. The normalized spacial score (nSPS) is 17.4. The molecule has 4 N–H and O–H groups in total. The number of hydrogen-bond acceptors (Lipinski definition) is 18. The van der Waals surface area contributed by atoms with E-state index < -0.39 is 5.97 Å². The minimum absolute atomic E-state index is 0. The molecule has 22 heteroatoms. The number of imidazole rings is 2. The van der Waals surface area contributed by atoms with Gasteiger partial charge in [0.25, 0.3) is 0 Å². The van der Waals surface area contributed by atoms with Crippen LogP contribution in [0.15, 0.2) is 61.2 Å². The Balaban J connectivity index is 0.000000223. The summed E-state index contributed by atoms with van der Waals surface area (Å²) in [5.41, 5.74) is 5.07. The van der Waals surface area contributed by atoms with Crippen LogP contribution in [0.3, 0.4) is 0 Å². The maximum Gasteiger partial charge on any atom is 1.00 e. The fourth-order valence-electron chi connectivity index (χ4n) is 10.3. The monoisotopic (exact) mass is 1080 g/mol. The Labute approximate surface area is 475 Å². The van der Waals surface area contributed by atoms with E-state index in [1.165, 1.54) is 20.0 Å². The van der Waals surface area contributed by atoms with Gasteiger partial charge in [-0.2, -0.15) is 19.9 Å². The van der Waals surface area contributed by atoms with Gasteiger partial charge in [-0.05, 0) is 151 Å². The molecule has 0 amide bonds. The molecule has 10 rings (SSSR count). The van der Waals surface area contributed by atoms with Crippen LogP contribution >= 0.6 is 0 Å². The van der Waals surface area contributed by atoms with Crippen molar-refractivity contribution in [2.75, 3.05) is 80.1 Å². The predicted octanol–water partition coefficient (Wildman–Crippen LogP) is 8.26. The third-order valence-corrected chi connectivity index (χ3v) is 14.6. The van der Waals surface area contributed by atoms with Gasteiger partial charge in [-0.15, -0.1) is 0 Å². The number of carboxylic acids is 1. The first kappa shape index (κ1) is 60.4. The second-order valence-electron chi connectivity index (χ2n) is 20.4. The molecule has 2 aromatic carbocycles. The number of carbonyl (C=O) groups is 2. The minimum atomic E-state index is -0.730. The van der Waals surface area contributed by atoms with E-state index >= 15 is 0 Å². The Hall–Kier alpha value is -6.24. The largest absolute Gasteiger partial charge is 1.00 e. The van der Waals surface area contributed by atoms with Gasteiger partial charge in [0, 0.05) is 63.6 Å². The Bertz CT molecular complexity index is 2780. The number of benzene rings is 2. The zero-order chi connectivity index (χ0) is 53.0. The molecule has 422 valence electrons. The van der Waals surface area contributed by atoms with E-state index in [0.29, 0.717) is 31.5 Å². The summed E-state index contributed by atoms with van der Waals surface area (Å²) in [7, 11) is 1.43. The van der Waals surface area contributed by atoms with Crippen LogP contribution in [0.25, 0.3) is 22.3 Å². The molecular formula is C57H79LiN12O9. The van der Waals surface area contributed by atoms with Crippen molar-refractivity contribution in [3.63, 3.8) is 0 Å². The van der Waals surface area contributed by atoms with Gasteiger partial charge in [-0.1, -0.05) is 25.7 Å². The van der Waals surface area contributed by atoms with Gasteiger partial charge >= 0.3 is 30.8 Å². The number of aliphatic carboxylic acids is 1. The van der Waals surface area contributed by atoms with Crippen LogP contribution in [-0.4, -0.2) is 121 Å². The number of anilines is 6. The fraction of sp³-hybridized carbons (Fsp3) is 0.579. The van der Waals surface area contributed by atoms with Crippen molar-refractivity contribution >= 4 is 69.2 Å². The number of unbranched alkanes of at least 4 members (excludes halogenated alkanes) is 6. The first-order chi connectivity index (χ1) is 37.9.